The molecule has 178 valence electrons. The first-order valence-electron chi connectivity index (χ1n) is 11.2. The van der Waals surface area contributed by atoms with Gasteiger partial charge in [-0.1, -0.05) is 43.0 Å². The van der Waals surface area contributed by atoms with Crippen molar-refractivity contribution in [2.75, 3.05) is 6.54 Å². The second-order valence-corrected chi connectivity index (χ2v) is 10.6. The molecule has 1 saturated carbocycles. The van der Waals surface area contributed by atoms with Crippen LogP contribution in [0, 0.1) is 5.92 Å². The standard InChI is InChI=1S/C24H30ClN3O4S/c1-2-27-24(30)18-10-8-17(9-11-18)16-28(22-7-5-3-4-6-21(22)23(26)29)33(31,32)20-14-12-19(25)13-15-20/h8-15,21-22H,2-7,16H2,1H3,(H2,26,29)(H,27,30)/t21-,22+/m1/s1. The smallest absolute Gasteiger partial charge is 0.251 e. The van der Waals surface area contributed by atoms with E-state index in [0.717, 1.165) is 19.3 Å². The van der Waals surface area contributed by atoms with Crippen LogP contribution < -0.4 is 11.1 Å². The lowest BCUT2D eigenvalue weighted by atomic mass is 9.93. The molecule has 0 aliphatic heterocycles. The summed E-state index contributed by atoms with van der Waals surface area (Å²) >= 11 is 5.97. The third kappa shape index (κ3) is 6.13. The summed E-state index contributed by atoms with van der Waals surface area (Å²) in [6.07, 6.45) is 3.69. The highest BCUT2D eigenvalue weighted by Crippen LogP contribution is 2.33. The van der Waals surface area contributed by atoms with Crippen LogP contribution in [-0.2, 0) is 21.4 Å². The minimum Gasteiger partial charge on any atom is -0.369 e. The predicted molar refractivity (Wildman–Crippen MR) is 128 cm³/mol. The molecule has 0 spiro atoms. The zero-order valence-electron chi connectivity index (χ0n) is 18.7. The molecule has 1 aliphatic rings. The fourth-order valence-electron chi connectivity index (χ4n) is 4.29. The maximum atomic E-state index is 13.8. The Balaban J connectivity index is 2.00. The van der Waals surface area contributed by atoms with Crippen LogP contribution in [0.5, 0.6) is 0 Å². The Morgan fingerprint density at radius 3 is 2.27 bits per heavy atom. The Labute approximate surface area is 200 Å². The predicted octanol–water partition coefficient (Wildman–Crippen LogP) is 3.71. The van der Waals surface area contributed by atoms with Crippen molar-refractivity contribution in [2.24, 2.45) is 11.7 Å². The number of nitrogens with one attached hydrogen (secondary N) is 1. The second kappa shape index (κ2) is 11.1. The van der Waals surface area contributed by atoms with Gasteiger partial charge in [0.25, 0.3) is 5.91 Å². The lowest BCUT2D eigenvalue weighted by Crippen LogP contribution is -2.47. The zero-order chi connectivity index (χ0) is 24.0. The highest BCUT2D eigenvalue weighted by molar-refractivity contribution is 7.89. The number of nitrogens with zero attached hydrogens (tertiary/aromatic N) is 1. The maximum Gasteiger partial charge on any atom is 0.251 e. The minimum atomic E-state index is -3.95. The molecule has 33 heavy (non-hydrogen) atoms. The van der Waals surface area contributed by atoms with Crippen LogP contribution in [0.3, 0.4) is 0 Å². The van der Waals surface area contributed by atoms with E-state index in [9.17, 15) is 18.0 Å². The van der Waals surface area contributed by atoms with Crippen LogP contribution in [0.25, 0.3) is 0 Å². The Hall–Kier alpha value is -2.42. The van der Waals surface area contributed by atoms with Gasteiger partial charge in [-0.15, -0.1) is 0 Å². The van der Waals surface area contributed by atoms with E-state index in [1.807, 2.05) is 6.92 Å². The summed E-state index contributed by atoms with van der Waals surface area (Å²) in [5, 5.41) is 3.18. The SMILES string of the molecule is CCNC(=O)c1ccc(CN([C@H]2CCCCC[C@H]2C(N)=O)S(=O)(=O)c2ccc(Cl)cc2)cc1. The largest absolute Gasteiger partial charge is 0.369 e. The van der Waals surface area contributed by atoms with Gasteiger partial charge in [0.05, 0.1) is 10.8 Å². The summed E-state index contributed by atoms with van der Waals surface area (Å²) in [6.45, 7) is 2.42. The van der Waals surface area contributed by atoms with E-state index in [-0.39, 0.29) is 17.3 Å². The number of halogens is 1. The van der Waals surface area contributed by atoms with E-state index in [1.165, 1.54) is 28.6 Å². The fraction of sp³-hybridized carbons (Fsp3) is 0.417. The Morgan fingerprint density at radius 2 is 1.67 bits per heavy atom. The Bertz CT molecular complexity index is 1070. The van der Waals surface area contributed by atoms with Crippen LogP contribution in [-0.4, -0.2) is 37.1 Å². The van der Waals surface area contributed by atoms with Crippen molar-refractivity contribution in [3.8, 4) is 0 Å². The molecule has 3 N–H and O–H groups in total. The number of rotatable bonds is 8. The summed E-state index contributed by atoms with van der Waals surface area (Å²) in [4.78, 5) is 24.5. The third-order valence-electron chi connectivity index (χ3n) is 6.03. The molecule has 2 aromatic carbocycles. The Morgan fingerprint density at radius 1 is 1.03 bits per heavy atom. The number of hydrogen-bond acceptors (Lipinski definition) is 4. The van der Waals surface area contributed by atoms with E-state index in [2.05, 4.69) is 5.32 Å². The van der Waals surface area contributed by atoms with Gasteiger partial charge in [-0.25, -0.2) is 8.42 Å². The molecule has 2 aromatic rings. The molecule has 2 amide bonds. The molecular weight excluding hydrogens is 462 g/mol. The van der Waals surface area contributed by atoms with Crippen LogP contribution in [0.15, 0.2) is 53.4 Å². The number of primary amides is 1. The first-order valence-corrected chi connectivity index (χ1v) is 13.0. The highest BCUT2D eigenvalue weighted by atomic mass is 35.5. The van der Waals surface area contributed by atoms with Gasteiger partial charge in [-0.05, 0) is 61.7 Å². The monoisotopic (exact) mass is 491 g/mol. The number of nitrogens with two attached hydrogens (primary N) is 1. The molecule has 0 bridgehead atoms. The number of sulfonamides is 1. The van der Waals surface area contributed by atoms with Gasteiger partial charge in [0.1, 0.15) is 0 Å². The average Bonchev–Trinajstić information content (AvgIpc) is 3.04. The number of carbonyl (C=O) groups excluding carboxylic acids is 2. The van der Waals surface area contributed by atoms with Crippen molar-refractivity contribution in [1.29, 1.82) is 0 Å². The van der Waals surface area contributed by atoms with Crippen LogP contribution >= 0.6 is 11.6 Å². The van der Waals surface area contributed by atoms with Gasteiger partial charge >= 0.3 is 0 Å². The van der Waals surface area contributed by atoms with E-state index in [4.69, 9.17) is 17.3 Å². The molecular formula is C24H30ClN3O4S. The third-order valence-corrected chi connectivity index (χ3v) is 8.16. The fourth-order valence-corrected chi connectivity index (χ4v) is 6.10. The summed E-state index contributed by atoms with van der Waals surface area (Å²) in [5.74, 6) is -1.23. The maximum absolute atomic E-state index is 13.8. The molecule has 7 nitrogen and oxygen atoms in total. The molecule has 3 rings (SSSR count). The zero-order valence-corrected chi connectivity index (χ0v) is 20.2. The average molecular weight is 492 g/mol. The number of amides is 2. The van der Waals surface area contributed by atoms with Crippen molar-refractivity contribution in [3.63, 3.8) is 0 Å². The highest BCUT2D eigenvalue weighted by Gasteiger charge is 2.39. The normalized spacial score (nSPS) is 19.1. The molecule has 2 atom stereocenters. The van der Waals surface area contributed by atoms with Crippen molar-refractivity contribution in [3.05, 3.63) is 64.7 Å². The first-order chi connectivity index (χ1) is 15.7. The minimum absolute atomic E-state index is 0.0646. The van der Waals surface area contributed by atoms with Crippen molar-refractivity contribution in [2.45, 2.75) is 56.5 Å². The topological polar surface area (TPSA) is 110 Å². The molecule has 0 aromatic heterocycles. The van der Waals surface area contributed by atoms with Gasteiger partial charge in [0, 0.05) is 29.7 Å². The molecule has 1 aliphatic carbocycles. The number of hydrogen-bond donors (Lipinski definition) is 2. The van der Waals surface area contributed by atoms with Crippen LogP contribution in [0.2, 0.25) is 5.02 Å². The van der Waals surface area contributed by atoms with Crippen LogP contribution in [0.4, 0.5) is 0 Å². The van der Waals surface area contributed by atoms with Gasteiger partial charge < -0.3 is 11.1 Å². The van der Waals surface area contributed by atoms with E-state index in [0.29, 0.717) is 35.5 Å². The summed E-state index contributed by atoms with van der Waals surface area (Å²) in [5.41, 5.74) is 6.93. The van der Waals surface area contributed by atoms with Crippen LogP contribution in [0.1, 0.15) is 54.9 Å². The number of benzene rings is 2. The second-order valence-electron chi connectivity index (χ2n) is 8.27. The molecule has 0 saturated heterocycles. The lowest BCUT2D eigenvalue weighted by Gasteiger charge is -2.34. The summed E-state index contributed by atoms with van der Waals surface area (Å²) in [7, 11) is -3.95. The summed E-state index contributed by atoms with van der Waals surface area (Å²) < 4.78 is 28.9. The van der Waals surface area contributed by atoms with Crippen molar-refractivity contribution >= 4 is 33.4 Å². The molecule has 9 heteroatoms. The molecule has 0 radical (unpaired) electrons. The number of carbonyl (C=O) groups is 2. The molecule has 0 unspecified atom stereocenters. The quantitative estimate of drug-likeness (QED) is 0.548. The Kier molecular flexibility index (Phi) is 8.51. The van der Waals surface area contributed by atoms with Gasteiger partial charge in [-0.2, -0.15) is 4.31 Å². The van der Waals surface area contributed by atoms with Gasteiger partial charge in [0.2, 0.25) is 15.9 Å². The van der Waals surface area contributed by atoms with Gasteiger partial charge in [0.15, 0.2) is 0 Å². The lowest BCUT2D eigenvalue weighted by molar-refractivity contribution is -0.123. The first kappa shape index (κ1) is 25.2. The summed E-state index contributed by atoms with van der Waals surface area (Å²) in [6, 6.07) is 12.3. The van der Waals surface area contributed by atoms with E-state index >= 15 is 0 Å². The molecule has 1 fully saturated rings. The van der Waals surface area contributed by atoms with Gasteiger partial charge in [-0.3, -0.25) is 9.59 Å². The van der Waals surface area contributed by atoms with E-state index < -0.39 is 27.9 Å². The molecule has 0 heterocycles. The van der Waals surface area contributed by atoms with E-state index in [1.54, 1.807) is 24.3 Å². The van der Waals surface area contributed by atoms with Crippen molar-refractivity contribution < 1.29 is 18.0 Å². The van der Waals surface area contributed by atoms with Crippen molar-refractivity contribution in [1.82, 2.24) is 9.62 Å².